The molecular formula is C37H16F4N6O2S2Si. The van der Waals surface area contributed by atoms with E-state index in [1.165, 1.54) is 22.7 Å². The number of nitriles is 4. The van der Waals surface area contributed by atoms with Crippen LogP contribution in [-0.4, -0.2) is 31.1 Å². The third kappa shape index (κ3) is 4.64. The number of hydrogen-bond donors (Lipinski definition) is 0. The molecule has 1 spiro atoms. The molecule has 8 rings (SSSR count). The molecule has 0 bridgehead atoms. The number of fused-ring (bicyclic) bond motifs is 7. The van der Waals surface area contributed by atoms with Crippen LogP contribution in [0.3, 0.4) is 0 Å². The molecule has 0 N–H and O–H groups in total. The average Bonchev–Trinajstić information content (AvgIpc) is 3.91. The van der Waals surface area contributed by atoms with Crippen LogP contribution >= 0.6 is 22.7 Å². The summed E-state index contributed by atoms with van der Waals surface area (Å²) in [6.07, 6.45) is 2.96. The van der Waals surface area contributed by atoms with E-state index >= 15 is 0 Å². The molecule has 1 saturated heterocycles. The van der Waals surface area contributed by atoms with E-state index in [0.29, 0.717) is 10.0 Å². The van der Waals surface area contributed by atoms with Gasteiger partial charge in [0.2, 0.25) is 11.6 Å². The van der Waals surface area contributed by atoms with Gasteiger partial charge < -0.3 is 0 Å². The van der Waals surface area contributed by atoms with Crippen LogP contribution in [0.2, 0.25) is 12.1 Å². The predicted octanol–water partition coefficient (Wildman–Crippen LogP) is 7.63. The molecule has 15 heteroatoms. The zero-order valence-corrected chi connectivity index (χ0v) is 29.0. The molecule has 0 saturated carbocycles. The van der Waals surface area contributed by atoms with Crippen molar-refractivity contribution in [1.82, 2.24) is 0 Å². The van der Waals surface area contributed by atoms with Crippen LogP contribution in [0.1, 0.15) is 51.1 Å². The second-order valence-corrected chi connectivity index (χ2v) is 18.8. The van der Waals surface area contributed by atoms with E-state index < -0.39 is 54.1 Å². The first kappa shape index (κ1) is 33.1. The van der Waals surface area contributed by atoms with E-state index in [9.17, 15) is 48.2 Å². The standard InChI is InChI=1S/C37H16F4N6O2S2Si/c38-22-6-18-20(8-24(22)40)34(48)32(30(18)16(12-42)13-43)46-28-10-26-36(50-28)37-27(52(26)4-2-1-3-5-52)11-29(51-37)47-33-31(17(14-44)15-45)19-7-23(39)25(41)9-21(19)35(33)49/h6-11H,1-5H2/b46-32-,47-33-. The number of carbonyl (C=O) groups excluding carboxylic acids is 2. The molecule has 0 atom stereocenters. The fourth-order valence-corrected chi connectivity index (χ4v) is 16.8. The lowest BCUT2D eigenvalue weighted by Crippen LogP contribution is -2.55. The largest absolute Gasteiger partial charge is 0.287 e. The first-order valence-electron chi connectivity index (χ1n) is 15.7. The lowest BCUT2D eigenvalue weighted by molar-refractivity contribution is 0.106. The molecule has 250 valence electrons. The summed E-state index contributed by atoms with van der Waals surface area (Å²) < 4.78 is 57.0. The van der Waals surface area contributed by atoms with Crippen LogP contribution in [0.15, 0.2) is 57.5 Å². The molecule has 1 fully saturated rings. The van der Waals surface area contributed by atoms with Crippen LogP contribution in [0, 0.1) is 68.6 Å². The minimum absolute atomic E-state index is 0.0919. The van der Waals surface area contributed by atoms with Gasteiger partial charge in [-0.2, -0.15) is 21.0 Å². The predicted molar refractivity (Wildman–Crippen MR) is 188 cm³/mol. The number of allylic oxidation sites excluding steroid dienone is 4. The summed E-state index contributed by atoms with van der Waals surface area (Å²) in [7, 11) is -2.45. The third-order valence-electron chi connectivity index (χ3n) is 9.83. The Kier molecular flexibility index (Phi) is 7.63. The van der Waals surface area contributed by atoms with Crippen molar-refractivity contribution in [1.29, 1.82) is 21.0 Å². The highest BCUT2D eigenvalue weighted by molar-refractivity contribution is 7.32. The van der Waals surface area contributed by atoms with Crippen molar-refractivity contribution in [2.45, 2.75) is 31.4 Å². The first-order valence-corrected chi connectivity index (χ1v) is 19.7. The van der Waals surface area contributed by atoms with Crippen molar-refractivity contribution in [3.8, 4) is 34.0 Å². The summed E-state index contributed by atoms with van der Waals surface area (Å²) in [5, 5.41) is 41.7. The van der Waals surface area contributed by atoms with E-state index in [1.54, 1.807) is 24.3 Å². The molecule has 4 aliphatic rings. The molecule has 0 unspecified atom stereocenters. The SMILES string of the molecule is N#CC(C#N)=C1/C(=N/c2cc3c(s2)-c2sc(/N=C4\C(=O)c5cc(F)c(F)cc5C4=C(C#N)C#N)cc2[Si]32CCCCC2)C(=O)c2cc(F)c(F)cc21. The molecule has 2 aliphatic heterocycles. The van der Waals surface area contributed by atoms with Gasteiger partial charge in [-0.1, -0.05) is 19.3 Å². The Labute approximate surface area is 300 Å². The smallest absolute Gasteiger partial charge is 0.212 e. The number of hydrogen-bond acceptors (Lipinski definition) is 10. The van der Waals surface area contributed by atoms with Crippen LogP contribution in [0.5, 0.6) is 0 Å². The quantitative estimate of drug-likeness (QED) is 0.117. The summed E-state index contributed by atoms with van der Waals surface area (Å²) in [6, 6.07) is 15.6. The molecule has 52 heavy (non-hydrogen) atoms. The monoisotopic (exact) mass is 744 g/mol. The van der Waals surface area contributed by atoms with Crippen LogP contribution in [0.4, 0.5) is 27.6 Å². The maximum absolute atomic E-state index is 14.3. The topological polar surface area (TPSA) is 154 Å². The lowest BCUT2D eigenvalue weighted by Gasteiger charge is -2.32. The molecule has 2 aromatic carbocycles. The highest BCUT2D eigenvalue weighted by Crippen LogP contribution is 2.49. The molecule has 2 aliphatic carbocycles. The Bertz CT molecular complexity index is 2500. The van der Waals surface area contributed by atoms with Gasteiger partial charge in [-0.25, -0.2) is 27.5 Å². The number of ketones is 2. The molecule has 4 heterocycles. The number of rotatable bonds is 2. The van der Waals surface area contributed by atoms with Crippen molar-refractivity contribution in [3.63, 3.8) is 0 Å². The van der Waals surface area contributed by atoms with Crippen molar-refractivity contribution >= 4 is 85.3 Å². The Morgan fingerprint density at radius 1 is 0.577 bits per heavy atom. The zero-order valence-electron chi connectivity index (χ0n) is 26.3. The van der Waals surface area contributed by atoms with Crippen molar-refractivity contribution in [2.75, 3.05) is 0 Å². The van der Waals surface area contributed by atoms with E-state index in [0.717, 1.165) is 75.7 Å². The van der Waals surface area contributed by atoms with Gasteiger partial charge in [-0.15, -0.1) is 22.7 Å². The van der Waals surface area contributed by atoms with Crippen molar-refractivity contribution in [2.24, 2.45) is 9.98 Å². The van der Waals surface area contributed by atoms with Crippen LogP contribution in [-0.2, 0) is 0 Å². The first-order chi connectivity index (χ1) is 25.0. The normalized spacial score (nSPS) is 17.8. The van der Waals surface area contributed by atoms with Gasteiger partial charge in [0.1, 0.15) is 64.9 Å². The Morgan fingerprint density at radius 2 is 0.942 bits per heavy atom. The van der Waals surface area contributed by atoms with E-state index in [1.807, 2.05) is 12.1 Å². The van der Waals surface area contributed by atoms with Crippen LogP contribution in [0.25, 0.3) is 20.9 Å². The van der Waals surface area contributed by atoms with Gasteiger partial charge in [-0.3, -0.25) is 9.59 Å². The van der Waals surface area contributed by atoms with Gasteiger partial charge in [0.15, 0.2) is 23.3 Å². The van der Waals surface area contributed by atoms with Gasteiger partial charge in [-0.05, 0) is 58.9 Å². The molecule has 8 nitrogen and oxygen atoms in total. The van der Waals surface area contributed by atoms with Gasteiger partial charge in [0.05, 0.1) is 0 Å². The fourth-order valence-electron chi connectivity index (χ4n) is 7.59. The number of nitrogens with zero attached hydrogens (tertiary/aromatic N) is 6. The number of Topliss-reactive ketones (excluding diaryl/α,β-unsaturated/α-hetero) is 2. The Hall–Kier alpha value is -6.10. The fraction of sp³-hybridized carbons (Fsp3) is 0.135. The number of benzene rings is 2. The minimum atomic E-state index is -2.45. The molecule has 4 aromatic rings. The zero-order chi connectivity index (χ0) is 36.6. The summed E-state index contributed by atoms with van der Waals surface area (Å²) in [5.74, 6) is -6.50. The number of thiophene rings is 2. The summed E-state index contributed by atoms with van der Waals surface area (Å²) >= 11 is 2.54. The van der Waals surface area contributed by atoms with Crippen molar-refractivity contribution < 1.29 is 27.2 Å². The number of aliphatic imine (C=N–C) groups is 2. The maximum atomic E-state index is 14.3. The highest BCUT2D eigenvalue weighted by Gasteiger charge is 2.49. The second kappa shape index (κ2) is 12.0. The molecular weight excluding hydrogens is 729 g/mol. The van der Waals surface area contributed by atoms with Gasteiger partial charge >= 0.3 is 0 Å². The Morgan fingerprint density at radius 3 is 1.31 bits per heavy atom. The second-order valence-electron chi connectivity index (χ2n) is 12.4. The minimum Gasteiger partial charge on any atom is -0.287 e. The maximum Gasteiger partial charge on any atom is 0.212 e. The molecule has 2 aromatic heterocycles. The molecule has 0 amide bonds. The Balaban J connectivity index is 1.28. The lowest BCUT2D eigenvalue weighted by atomic mass is 10.0. The average molecular weight is 745 g/mol. The van der Waals surface area contributed by atoms with E-state index in [-0.39, 0.29) is 44.8 Å². The van der Waals surface area contributed by atoms with E-state index in [4.69, 9.17) is 0 Å². The van der Waals surface area contributed by atoms with Gasteiger partial charge in [0, 0.05) is 43.2 Å². The number of halogens is 4. The summed E-state index contributed by atoms with van der Waals surface area (Å²) in [4.78, 5) is 38.0. The van der Waals surface area contributed by atoms with Crippen molar-refractivity contribution in [3.05, 3.63) is 93.1 Å². The molecule has 0 radical (unpaired) electrons. The highest BCUT2D eigenvalue weighted by atomic mass is 32.1. The van der Waals surface area contributed by atoms with Gasteiger partial charge in [0.25, 0.3) is 0 Å². The summed E-state index contributed by atoms with van der Waals surface area (Å²) in [5.41, 5.74) is -2.42. The third-order valence-corrected chi connectivity index (χ3v) is 17.7. The van der Waals surface area contributed by atoms with E-state index in [2.05, 4.69) is 9.98 Å². The summed E-state index contributed by atoms with van der Waals surface area (Å²) in [6.45, 7) is 0. The van der Waals surface area contributed by atoms with Crippen LogP contribution < -0.4 is 10.4 Å². The number of carbonyl (C=O) groups is 2.